The van der Waals surface area contributed by atoms with Crippen molar-refractivity contribution in [2.75, 3.05) is 19.1 Å². The Labute approximate surface area is 192 Å². The van der Waals surface area contributed by atoms with Crippen LogP contribution in [0.1, 0.15) is 28.1 Å². The van der Waals surface area contributed by atoms with Gasteiger partial charge in [-0.2, -0.15) is 11.8 Å². The van der Waals surface area contributed by atoms with Gasteiger partial charge in [0, 0.05) is 12.1 Å². The maximum Gasteiger partial charge on any atom is 0.328 e. The van der Waals surface area contributed by atoms with Crippen LogP contribution in [0.3, 0.4) is 0 Å². The van der Waals surface area contributed by atoms with Crippen molar-refractivity contribution in [1.29, 1.82) is 0 Å². The number of hydrogen-bond acceptors (Lipinski definition) is 6. The fourth-order valence-corrected chi connectivity index (χ4v) is 3.83. The monoisotopic (exact) mass is 452 g/mol. The molecule has 0 radical (unpaired) electrons. The largest absolute Gasteiger partial charge is 0.468 e. The summed E-state index contributed by atoms with van der Waals surface area (Å²) in [6, 6.07) is 18.6. The van der Waals surface area contributed by atoms with Gasteiger partial charge in [-0.3, -0.25) is 4.79 Å². The number of nitrogens with one attached hydrogen (secondary N) is 2. The fraction of sp³-hybridized carbons (Fsp3) is 0.280. The molecule has 1 unspecified atom stereocenters. The van der Waals surface area contributed by atoms with Gasteiger partial charge in [0.05, 0.1) is 19.9 Å². The van der Waals surface area contributed by atoms with E-state index in [-0.39, 0.29) is 5.91 Å². The maximum absolute atomic E-state index is 13.2. The lowest BCUT2D eigenvalue weighted by Gasteiger charge is -2.18. The van der Waals surface area contributed by atoms with Crippen LogP contribution in [0.25, 0.3) is 11.1 Å². The Hall–Kier alpha value is -3.03. The summed E-state index contributed by atoms with van der Waals surface area (Å²) in [6.45, 7) is 1.24. The summed E-state index contributed by atoms with van der Waals surface area (Å²) >= 11 is 1.62. The second kappa shape index (κ2) is 12.1. The predicted octanol–water partition coefficient (Wildman–Crippen LogP) is 4.26. The summed E-state index contributed by atoms with van der Waals surface area (Å²) in [4.78, 5) is 25.3. The summed E-state index contributed by atoms with van der Waals surface area (Å²) in [5.74, 6) is 0.873. The van der Waals surface area contributed by atoms with Gasteiger partial charge >= 0.3 is 5.97 Å². The van der Waals surface area contributed by atoms with Crippen molar-refractivity contribution >= 4 is 23.6 Å². The topological polar surface area (TPSA) is 80.6 Å². The van der Waals surface area contributed by atoms with Crippen LogP contribution in [0, 0.1) is 0 Å². The van der Waals surface area contributed by atoms with E-state index in [4.69, 9.17) is 9.15 Å². The normalized spacial score (nSPS) is 11.7. The molecule has 0 saturated heterocycles. The Kier molecular flexibility index (Phi) is 8.95. The maximum atomic E-state index is 13.2. The molecule has 0 spiro atoms. The van der Waals surface area contributed by atoms with Crippen LogP contribution >= 0.6 is 11.8 Å². The Morgan fingerprint density at radius 2 is 1.88 bits per heavy atom. The van der Waals surface area contributed by atoms with E-state index in [9.17, 15) is 9.59 Å². The number of thioether (sulfide) groups is 1. The lowest BCUT2D eigenvalue weighted by atomic mass is 9.96. The molecular weight excluding hydrogens is 424 g/mol. The summed E-state index contributed by atoms with van der Waals surface area (Å²) in [6.07, 6.45) is 4.12. The van der Waals surface area contributed by atoms with Crippen molar-refractivity contribution < 1.29 is 18.7 Å². The molecular formula is C25H28N2O4S. The van der Waals surface area contributed by atoms with Crippen LogP contribution in [-0.4, -0.2) is 37.0 Å². The summed E-state index contributed by atoms with van der Waals surface area (Å²) in [5.41, 5.74) is 3.31. The van der Waals surface area contributed by atoms with Crippen molar-refractivity contribution in [3.8, 4) is 11.1 Å². The van der Waals surface area contributed by atoms with Crippen molar-refractivity contribution in [3.05, 3.63) is 83.8 Å². The van der Waals surface area contributed by atoms with E-state index in [1.807, 2.05) is 66.9 Å². The molecule has 1 amide bonds. The van der Waals surface area contributed by atoms with E-state index in [0.717, 1.165) is 28.2 Å². The molecule has 0 aliphatic heterocycles. The summed E-state index contributed by atoms with van der Waals surface area (Å²) in [7, 11) is 1.33. The Balaban J connectivity index is 1.81. The standard InChI is InChI=1S/C25H28N2O4S/c1-30-25(29)23(12-14-32-2)27-24(28)21-11-10-18(16-26-17-20-9-6-13-31-20)15-22(21)19-7-4-3-5-8-19/h3-11,13,15,23,26H,12,14,16-17H2,1-2H3,(H,27,28). The zero-order chi connectivity index (χ0) is 22.8. The molecule has 1 aromatic heterocycles. The average Bonchev–Trinajstić information content (AvgIpc) is 3.35. The molecule has 0 saturated carbocycles. The lowest BCUT2D eigenvalue weighted by Crippen LogP contribution is -2.42. The molecule has 0 aliphatic rings. The van der Waals surface area contributed by atoms with E-state index >= 15 is 0 Å². The fourth-order valence-electron chi connectivity index (χ4n) is 3.36. The first-order valence-electron chi connectivity index (χ1n) is 10.4. The van der Waals surface area contributed by atoms with E-state index in [0.29, 0.717) is 25.1 Å². The van der Waals surface area contributed by atoms with Gasteiger partial charge in [-0.05, 0) is 59.4 Å². The minimum absolute atomic E-state index is 0.296. The number of methoxy groups -OCH3 is 1. The van der Waals surface area contributed by atoms with Crippen molar-refractivity contribution in [3.63, 3.8) is 0 Å². The first-order valence-corrected chi connectivity index (χ1v) is 11.8. The van der Waals surface area contributed by atoms with Crippen molar-refractivity contribution in [2.24, 2.45) is 0 Å². The van der Waals surface area contributed by atoms with Gasteiger partial charge in [-0.15, -0.1) is 0 Å². The number of esters is 1. The number of rotatable bonds is 11. The molecule has 3 rings (SSSR count). The lowest BCUT2D eigenvalue weighted by molar-refractivity contribution is -0.142. The minimum Gasteiger partial charge on any atom is -0.468 e. The third-order valence-corrected chi connectivity index (χ3v) is 5.67. The summed E-state index contributed by atoms with van der Waals surface area (Å²) in [5, 5.41) is 6.21. The number of amides is 1. The van der Waals surface area contributed by atoms with E-state index in [1.165, 1.54) is 7.11 Å². The zero-order valence-corrected chi connectivity index (χ0v) is 19.1. The van der Waals surface area contributed by atoms with E-state index in [1.54, 1.807) is 18.0 Å². The molecule has 3 aromatic rings. The molecule has 2 aromatic carbocycles. The highest BCUT2D eigenvalue weighted by molar-refractivity contribution is 7.98. The average molecular weight is 453 g/mol. The first kappa shape index (κ1) is 23.6. The first-order chi connectivity index (χ1) is 15.6. The minimum atomic E-state index is -0.682. The van der Waals surface area contributed by atoms with Crippen LogP contribution in [0.2, 0.25) is 0 Å². The predicted molar refractivity (Wildman–Crippen MR) is 127 cm³/mol. The number of ether oxygens (including phenoxy) is 1. The molecule has 1 atom stereocenters. The van der Waals surface area contributed by atoms with Crippen LogP contribution < -0.4 is 10.6 Å². The Morgan fingerprint density at radius 3 is 2.56 bits per heavy atom. The molecule has 0 bridgehead atoms. The van der Waals surface area contributed by atoms with E-state index in [2.05, 4.69) is 10.6 Å². The zero-order valence-electron chi connectivity index (χ0n) is 18.3. The third kappa shape index (κ3) is 6.48. The summed E-state index contributed by atoms with van der Waals surface area (Å²) < 4.78 is 10.2. The number of carbonyl (C=O) groups is 2. The van der Waals surface area contributed by atoms with Gasteiger partial charge in [0.2, 0.25) is 0 Å². The van der Waals surface area contributed by atoms with Crippen molar-refractivity contribution in [2.45, 2.75) is 25.6 Å². The third-order valence-electron chi connectivity index (χ3n) is 5.02. The van der Waals surface area contributed by atoms with E-state index < -0.39 is 12.0 Å². The van der Waals surface area contributed by atoms with Gasteiger partial charge in [0.1, 0.15) is 11.8 Å². The molecule has 168 valence electrons. The molecule has 0 aliphatic carbocycles. The van der Waals surface area contributed by atoms with Gasteiger partial charge in [0.15, 0.2) is 0 Å². The molecule has 2 N–H and O–H groups in total. The molecule has 0 fully saturated rings. The second-order valence-electron chi connectivity index (χ2n) is 7.26. The van der Waals surface area contributed by atoms with Crippen LogP contribution in [0.15, 0.2) is 71.3 Å². The highest BCUT2D eigenvalue weighted by Crippen LogP contribution is 2.25. The Morgan fingerprint density at radius 1 is 1.06 bits per heavy atom. The SMILES string of the molecule is COC(=O)C(CCSC)NC(=O)c1ccc(CNCc2ccco2)cc1-c1ccccc1. The number of benzene rings is 2. The highest BCUT2D eigenvalue weighted by Gasteiger charge is 2.23. The molecule has 32 heavy (non-hydrogen) atoms. The molecule has 7 heteroatoms. The van der Waals surface area contributed by atoms with Gasteiger partial charge in [-0.1, -0.05) is 36.4 Å². The van der Waals surface area contributed by atoms with Gasteiger partial charge in [0.25, 0.3) is 5.91 Å². The van der Waals surface area contributed by atoms with Crippen LogP contribution in [-0.2, 0) is 22.6 Å². The van der Waals surface area contributed by atoms with Gasteiger partial charge in [-0.25, -0.2) is 4.79 Å². The Bertz CT molecular complexity index is 1010. The van der Waals surface area contributed by atoms with Gasteiger partial charge < -0.3 is 19.8 Å². The van der Waals surface area contributed by atoms with Crippen LogP contribution in [0.4, 0.5) is 0 Å². The number of carbonyl (C=O) groups excluding carboxylic acids is 2. The second-order valence-corrected chi connectivity index (χ2v) is 8.25. The highest BCUT2D eigenvalue weighted by atomic mass is 32.2. The number of hydrogen-bond donors (Lipinski definition) is 2. The van der Waals surface area contributed by atoms with Crippen molar-refractivity contribution in [1.82, 2.24) is 10.6 Å². The van der Waals surface area contributed by atoms with Crippen LogP contribution in [0.5, 0.6) is 0 Å². The molecule has 1 heterocycles. The molecule has 6 nitrogen and oxygen atoms in total. The smallest absolute Gasteiger partial charge is 0.328 e. The quantitative estimate of drug-likeness (QED) is 0.423. The number of furan rings is 1.